The summed E-state index contributed by atoms with van der Waals surface area (Å²) in [6.45, 7) is 2.90. The average Bonchev–Trinajstić information content (AvgIpc) is 3.36. The molecule has 1 fully saturated rings. The van der Waals surface area contributed by atoms with Crippen molar-refractivity contribution in [3.05, 3.63) is 53.1 Å². The molecule has 7 heteroatoms. The predicted octanol–water partition coefficient (Wildman–Crippen LogP) is 4.45. The lowest BCUT2D eigenvalue weighted by Crippen LogP contribution is -2.47. The van der Waals surface area contributed by atoms with Gasteiger partial charge in [-0.05, 0) is 67.1 Å². The van der Waals surface area contributed by atoms with E-state index in [0.717, 1.165) is 48.1 Å². The number of nitrogens with one attached hydrogen (secondary N) is 2. The summed E-state index contributed by atoms with van der Waals surface area (Å²) in [5.74, 6) is 1.44. The number of aryl methyl sites for hydroxylation is 1. The first-order valence-electron chi connectivity index (χ1n) is 11.7. The Hall–Kier alpha value is -3.22. The highest BCUT2D eigenvalue weighted by molar-refractivity contribution is 5.90. The number of hydrogen-bond donors (Lipinski definition) is 2. The van der Waals surface area contributed by atoms with Gasteiger partial charge in [-0.2, -0.15) is 0 Å². The highest BCUT2D eigenvalue weighted by atomic mass is 16.5. The number of amides is 3. The quantitative estimate of drug-likeness (QED) is 0.680. The number of hydrogen-bond acceptors (Lipinski definition) is 4. The molecule has 1 heterocycles. The van der Waals surface area contributed by atoms with Crippen LogP contribution in [-0.2, 0) is 11.2 Å². The molecule has 0 spiro atoms. The summed E-state index contributed by atoms with van der Waals surface area (Å²) in [4.78, 5) is 27.9. The Balaban J connectivity index is 1.60. The van der Waals surface area contributed by atoms with E-state index >= 15 is 0 Å². The minimum atomic E-state index is -0.302. The van der Waals surface area contributed by atoms with Gasteiger partial charge in [0.05, 0.1) is 20.3 Å². The monoisotopic (exact) mass is 451 g/mol. The topological polar surface area (TPSA) is 79.9 Å². The number of carbonyl (C=O) groups is 2. The Morgan fingerprint density at radius 3 is 2.48 bits per heavy atom. The van der Waals surface area contributed by atoms with Crippen molar-refractivity contribution >= 4 is 17.6 Å². The zero-order valence-electron chi connectivity index (χ0n) is 19.6. The zero-order chi connectivity index (χ0) is 23.4. The molecule has 2 aromatic carbocycles. The summed E-state index contributed by atoms with van der Waals surface area (Å²) < 4.78 is 11.0. The molecule has 1 saturated carbocycles. The van der Waals surface area contributed by atoms with Crippen molar-refractivity contribution in [2.75, 3.05) is 32.6 Å². The summed E-state index contributed by atoms with van der Waals surface area (Å²) in [7, 11) is 3.22. The maximum Gasteiger partial charge on any atom is 0.322 e. The molecular formula is C26H33N3O4. The van der Waals surface area contributed by atoms with Crippen molar-refractivity contribution in [3.63, 3.8) is 0 Å². The van der Waals surface area contributed by atoms with Crippen molar-refractivity contribution in [1.29, 1.82) is 0 Å². The van der Waals surface area contributed by atoms with Crippen LogP contribution in [0.15, 0.2) is 36.4 Å². The van der Waals surface area contributed by atoms with Gasteiger partial charge in [0.25, 0.3) is 0 Å². The molecule has 1 aliphatic heterocycles. The van der Waals surface area contributed by atoms with Gasteiger partial charge >= 0.3 is 6.03 Å². The number of carbonyl (C=O) groups excluding carboxylic acids is 2. The molecular weight excluding hydrogens is 418 g/mol. The molecule has 1 aliphatic carbocycles. The van der Waals surface area contributed by atoms with Crippen LogP contribution in [0.25, 0.3) is 0 Å². The molecule has 176 valence electrons. The molecule has 33 heavy (non-hydrogen) atoms. The third kappa shape index (κ3) is 5.07. The van der Waals surface area contributed by atoms with Crippen LogP contribution in [-0.4, -0.2) is 44.1 Å². The van der Waals surface area contributed by atoms with Gasteiger partial charge in [-0.3, -0.25) is 4.79 Å². The number of fused-ring (bicyclic) bond motifs is 1. The molecule has 0 saturated heterocycles. The Morgan fingerprint density at radius 1 is 1.06 bits per heavy atom. The molecule has 0 radical (unpaired) electrons. The fourth-order valence-electron chi connectivity index (χ4n) is 4.94. The molecule has 3 amide bonds. The molecule has 2 N–H and O–H groups in total. The van der Waals surface area contributed by atoms with E-state index in [2.05, 4.69) is 10.6 Å². The number of benzene rings is 2. The smallest absolute Gasteiger partial charge is 0.322 e. The lowest BCUT2D eigenvalue weighted by atomic mass is 9.91. The Morgan fingerprint density at radius 2 is 1.79 bits per heavy atom. The predicted molar refractivity (Wildman–Crippen MR) is 128 cm³/mol. The Bertz CT molecular complexity index is 1020. The zero-order valence-corrected chi connectivity index (χ0v) is 19.6. The minimum Gasteiger partial charge on any atom is -0.493 e. The SMILES string of the molecule is COc1cc2c(cc1OC)[C@H](CNC(=O)C1CCCC1)N(C(=O)Nc1cccc(C)c1)CC2. The second-order valence-corrected chi connectivity index (χ2v) is 8.89. The molecule has 1 atom stereocenters. The molecule has 0 unspecified atom stereocenters. The van der Waals surface area contributed by atoms with Crippen molar-refractivity contribution in [1.82, 2.24) is 10.2 Å². The van der Waals surface area contributed by atoms with E-state index in [1.807, 2.05) is 48.2 Å². The van der Waals surface area contributed by atoms with Crippen LogP contribution >= 0.6 is 0 Å². The first kappa shape index (κ1) is 23.0. The molecule has 2 aromatic rings. The third-order valence-corrected chi connectivity index (χ3v) is 6.73. The van der Waals surface area contributed by atoms with Crippen LogP contribution < -0.4 is 20.1 Å². The maximum atomic E-state index is 13.3. The van der Waals surface area contributed by atoms with E-state index in [4.69, 9.17) is 9.47 Å². The van der Waals surface area contributed by atoms with E-state index in [1.165, 1.54) is 0 Å². The fraction of sp³-hybridized carbons (Fsp3) is 0.462. The maximum absolute atomic E-state index is 13.3. The molecule has 7 nitrogen and oxygen atoms in total. The van der Waals surface area contributed by atoms with Crippen molar-refractivity contribution < 1.29 is 19.1 Å². The summed E-state index contributed by atoms with van der Waals surface area (Å²) in [6.07, 6.45) is 4.79. The van der Waals surface area contributed by atoms with Gasteiger partial charge in [0.2, 0.25) is 5.91 Å². The van der Waals surface area contributed by atoms with Crippen molar-refractivity contribution in [2.24, 2.45) is 5.92 Å². The van der Waals surface area contributed by atoms with E-state index < -0.39 is 0 Å². The first-order chi connectivity index (χ1) is 16.0. The van der Waals surface area contributed by atoms with Crippen LogP contribution in [0.5, 0.6) is 11.5 Å². The number of nitrogens with zero attached hydrogens (tertiary/aromatic N) is 1. The van der Waals surface area contributed by atoms with E-state index in [9.17, 15) is 9.59 Å². The van der Waals surface area contributed by atoms with Gasteiger partial charge in [-0.25, -0.2) is 4.79 Å². The second kappa shape index (κ2) is 10.1. The van der Waals surface area contributed by atoms with Crippen molar-refractivity contribution in [3.8, 4) is 11.5 Å². The van der Waals surface area contributed by atoms with Gasteiger partial charge in [-0.15, -0.1) is 0 Å². The lowest BCUT2D eigenvalue weighted by Gasteiger charge is -2.38. The van der Waals surface area contributed by atoms with Crippen LogP contribution in [0.3, 0.4) is 0 Å². The summed E-state index contributed by atoms with van der Waals surface area (Å²) in [5.41, 5.74) is 3.92. The van der Waals surface area contributed by atoms with Crippen LogP contribution in [0.2, 0.25) is 0 Å². The average molecular weight is 452 g/mol. The van der Waals surface area contributed by atoms with Crippen molar-refractivity contribution in [2.45, 2.75) is 45.1 Å². The number of ether oxygens (including phenoxy) is 2. The minimum absolute atomic E-state index is 0.0769. The fourth-order valence-corrected chi connectivity index (χ4v) is 4.94. The lowest BCUT2D eigenvalue weighted by molar-refractivity contribution is -0.125. The van der Waals surface area contributed by atoms with Gasteiger partial charge in [0.15, 0.2) is 11.5 Å². The Labute approximate surface area is 195 Å². The summed E-state index contributed by atoms with van der Waals surface area (Å²) >= 11 is 0. The molecule has 4 rings (SSSR count). The van der Waals surface area contributed by atoms with Crippen LogP contribution in [0.4, 0.5) is 10.5 Å². The van der Waals surface area contributed by atoms with Gasteiger partial charge in [0.1, 0.15) is 0 Å². The number of rotatable bonds is 6. The van der Waals surface area contributed by atoms with Crippen LogP contribution in [0.1, 0.15) is 48.4 Å². The molecule has 0 bridgehead atoms. The summed E-state index contributed by atoms with van der Waals surface area (Å²) in [6, 6.07) is 11.2. The Kier molecular flexibility index (Phi) is 7.06. The third-order valence-electron chi connectivity index (χ3n) is 6.73. The highest BCUT2D eigenvalue weighted by Gasteiger charge is 2.33. The largest absolute Gasteiger partial charge is 0.493 e. The van der Waals surface area contributed by atoms with E-state index in [0.29, 0.717) is 31.0 Å². The number of methoxy groups -OCH3 is 2. The number of urea groups is 1. The van der Waals surface area contributed by atoms with E-state index in [1.54, 1.807) is 14.2 Å². The van der Waals surface area contributed by atoms with Gasteiger partial charge in [0, 0.05) is 24.7 Å². The van der Waals surface area contributed by atoms with Crippen LogP contribution in [0, 0.1) is 12.8 Å². The standard InChI is InChI=1S/C26H33N3O4/c1-17-7-6-10-20(13-17)28-26(31)29-12-11-19-14-23(32-2)24(33-3)15-21(19)22(29)16-27-25(30)18-8-4-5-9-18/h6-7,10,13-15,18,22H,4-5,8-9,11-12,16H2,1-3H3,(H,27,30)(H,28,31)/t22-/m0/s1. The van der Waals surface area contributed by atoms with Gasteiger partial charge < -0.3 is 25.0 Å². The summed E-state index contributed by atoms with van der Waals surface area (Å²) in [5, 5.41) is 6.15. The second-order valence-electron chi connectivity index (χ2n) is 8.89. The normalized spacial score (nSPS) is 17.9. The van der Waals surface area contributed by atoms with E-state index in [-0.39, 0.29) is 23.9 Å². The number of anilines is 1. The molecule has 0 aromatic heterocycles. The molecule has 2 aliphatic rings. The first-order valence-corrected chi connectivity index (χ1v) is 11.7. The highest BCUT2D eigenvalue weighted by Crippen LogP contribution is 2.38. The van der Waals surface area contributed by atoms with Gasteiger partial charge in [-0.1, -0.05) is 25.0 Å².